The van der Waals surface area contributed by atoms with Gasteiger partial charge in [-0.15, -0.1) is 0 Å². The number of rotatable bonds is 33. The van der Waals surface area contributed by atoms with Crippen LogP contribution in [0.1, 0.15) is 183 Å². The average Bonchev–Trinajstić information content (AvgIpc) is 3.27. The molecule has 0 bridgehead atoms. The van der Waals surface area contributed by atoms with E-state index in [1.807, 2.05) is 12.1 Å². The third-order valence-electron chi connectivity index (χ3n) is 11.2. The first-order valence-corrected chi connectivity index (χ1v) is 23.5. The molecule has 0 amide bonds. The minimum atomic E-state index is -0.402. The first-order valence-electron chi connectivity index (χ1n) is 23.5. The highest BCUT2D eigenvalue weighted by molar-refractivity contribution is 5.91. The number of carbonyl (C=O) groups excluding carboxylic acids is 5. The summed E-state index contributed by atoms with van der Waals surface area (Å²) in [4.78, 5) is 59.9. The Labute approximate surface area is 371 Å². The highest BCUT2D eigenvalue weighted by Crippen LogP contribution is 2.38. The molecule has 11 heteroatoms. The standard InChI is InChI=1S/C51H74O11/c1-4-5-10-19-41-23-25-42(26-24-41)43-27-33-46(34-28-43)62-51(56)44-29-31-45(32-30-44)57-35-14-6-7-15-36-58-47(52)20-11-8-16-37-59-49(54)22-13-18-38-60-48(53)21-12-9-17-39-61-50(55)40(2)3/h27-34,41-42H,2,4-26,35-39H2,1,3H3/t41-,42-. The van der Waals surface area contributed by atoms with Crippen molar-refractivity contribution < 1.29 is 52.4 Å². The first-order chi connectivity index (χ1) is 30.1. The fourth-order valence-corrected chi connectivity index (χ4v) is 7.41. The Balaban J connectivity index is 1.09. The molecule has 2 aromatic carbocycles. The van der Waals surface area contributed by atoms with Gasteiger partial charge in [0.05, 0.1) is 38.6 Å². The lowest BCUT2D eigenvalue weighted by Gasteiger charge is -2.29. The van der Waals surface area contributed by atoms with Crippen molar-refractivity contribution in [1.82, 2.24) is 0 Å². The van der Waals surface area contributed by atoms with Crippen molar-refractivity contribution in [3.05, 3.63) is 71.8 Å². The van der Waals surface area contributed by atoms with E-state index in [1.54, 1.807) is 31.2 Å². The fraction of sp³-hybridized carbons (Fsp3) is 0.627. The van der Waals surface area contributed by atoms with Gasteiger partial charge in [0.25, 0.3) is 0 Å². The SMILES string of the molecule is C=C(C)C(=O)OCCCCCC(=O)OCCCCC(=O)OCCCCCC(=O)OCCCCCCOc1ccc(C(=O)Oc2ccc([C@H]3CC[C@H](CCCCC)CC3)cc2)cc1. The van der Waals surface area contributed by atoms with E-state index in [0.29, 0.717) is 106 Å². The molecule has 1 fully saturated rings. The molecule has 1 aliphatic rings. The number of hydrogen-bond donors (Lipinski definition) is 0. The Kier molecular flexibility index (Phi) is 26.7. The Morgan fingerprint density at radius 2 is 1.00 bits per heavy atom. The Morgan fingerprint density at radius 3 is 1.53 bits per heavy atom. The van der Waals surface area contributed by atoms with Crippen molar-refractivity contribution >= 4 is 29.8 Å². The van der Waals surface area contributed by atoms with Gasteiger partial charge in [-0.1, -0.05) is 51.3 Å². The molecule has 0 aliphatic heterocycles. The zero-order valence-corrected chi connectivity index (χ0v) is 37.8. The predicted octanol–water partition coefficient (Wildman–Crippen LogP) is 11.7. The van der Waals surface area contributed by atoms with Crippen LogP contribution in [0, 0.1) is 5.92 Å². The lowest BCUT2D eigenvalue weighted by Crippen LogP contribution is -2.13. The maximum Gasteiger partial charge on any atom is 0.343 e. The summed E-state index contributed by atoms with van der Waals surface area (Å²) in [7, 11) is 0. The summed E-state index contributed by atoms with van der Waals surface area (Å²) >= 11 is 0. The molecule has 0 aromatic heterocycles. The van der Waals surface area contributed by atoms with Gasteiger partial charge >= 0.3 is 29.8 Å². The molecular weight excluding hydrogens is 789 g/mol. The van der Waals surface area contributed by atoms with Crippen molar-refractivity contribution in [1.29, 1.82) is 0 Å². The Morgan fingerprint density at radius 1 is 0.532 bits per heavy atom. The van der Waals surface area contributed by atoms with Gasteiger partial charge in [-0.05, 0) is 163 Å². The van der Waals surface area contributed by atoms with E-state index >= 15 is 0 Å². The molecule has 0 atom stereocenters. The van der Waals surface area contributed by atoms with Crippen molar-refractivity contribution in [2.24, 2.45) is 5.92 Å². The molecule has 0 radical (unpaired) electrons. The van der Waals surface area contributed by atoms with Crippen LogP contribution in [0.4, 0.5) is 0 Å². The van der Waals surface area contributed by atoms with Crippen molar-refractivity contribution in [3.63, 3.8) is 0 Å². The second-order valence-electron chi connectivity index (χ2n) is 16.6. The molecule has 0 heterocycles. The molecule has 11 nitrogen and oxygen atoms in total. The second-order valence-corrected chi connectivity index (χ2v) is 16.6. The molecule has 1 saturated carbocycles. The van der Waals surface area contributed by atoms with Crippen LogP contribution in [0.25, 0.3) is 0 Å². The van der Waals surface area contributed by atoms with Crippen molar-refractivity contribution in [2.45, 2.75) is 167 Å². The monoisotopic (exact) mass is 863 g/mol. The predicted molar refractivity (Wildman–Crippen MR) is 240 cm³/mol. The summed E-state index contributed by atoms with van der Waals surface area (Å²) in [5.41, 5.74) is 2.18. The normalized spacial score (nSPS) is 14.7. The number of hydrogen-bond acceptors (Lipinski definition) is 11. The summed E-state index contributed by atoms with van der Waals surface area (Å²) in [6.07, 6.45) is 20.3. The summed E-state index contributed by atoms with van der Waals surface area (Å²) < 4.78 is 32.4. The van der Waals surface area contributed by atoms with Crippen LogP contribution in [0.3, 0.4) is 0 Å². The summed E-state index contributed by atoms with van der Waals surface area (Å²) in [6, 6.07) is 15.1. The largest absolute Gasteiger partial charge is 0.494 e. The summed E-state index contributed by atoms with van der Waals surface area (Å²) in [6.45, 7) is 9.24. The number of unbranched alkanes of at least 4 members (excludes halogenated alkanes) is 10. The highest BCUT2D eigenvalue weighted by atomic mass is 16.5. The summed E-state index contributed by atoms with van der Waals surface area (Å²) in [5.74, 6) is 1.19. The van der Waals surface area contributed by atoms with Crippen LogP contribution in [0.5, 0.6) is 11.5 Å². The van der Waals surface area contributed by atoms with Gasteiger partial charge in [-0.2, -0.15) is 0 Å². The zero-order chi connectivity index (χ0) is 44.6. The van der Waals surface area contributed by atoms with E-state index in [0.717, 1.165) is 44.4 Å². The lowest BCUT2D eigenvalue weighted by molar-refractivity contribution is -0.146. The van der Waals surface area contributed by atoms with Gasteiger partial charge < -0.3 is 28.4 Å². The van der Waals surface area contributed by atoms with Gasteiger partial charge in [0.2, 0.25) is 0 Å². The van der Waals surface area contributed by atoms with Gasteiger partial charge in [-0.25, -0.2) is 9.59 Å². The highest BCUT2D eigenvalue weighted by Gasteiger charge is 2.22. The molecule has 3 rings (SSSR count). The van der Waals surface area contributed by atoms with Crippen molar-refractivity contribution in [2.75, 3.05) is 33.0 Å². The maximum atomic E-state index is 12.8. The molecule has 62 heavy (non-hydrogen) atoms. The third-order valence-corrected chi connectivity index (χ3v) is 11.2. The fourth-order valence-electron chi connectivity index (χ4n) is 7.41. The van der Waals surface area contributed by atoms with Crippen LogP contribution in [-0.2, 0) is 38.1 Å². The molecule has 344 valence electrons. The van der Waals surface area contributed by atoms with Crippen LogP contribution < -0.4 is 9.47 Å². The van der Waals surface area contributed by atoms with Gasteiger partial charge in [0.1, 0.15) is 11.5 Å². The van der Waals surface area contributed by atoms with E-state index in [4.69, 9.17) is 28.4 Å². The Hall–Kier alpha value is -4.67. The molecule has 0 N–H and O–H groups in total. The quantitative estimate of drug-likeness (QED) is 0.0223. The number of carbonyl (C=O) groups is 5. The molecule has 0 unspecified atom stereocenters. The van der Waals surface area contributed by atoms with E-state index in [-0.39, 0.29) is 36.9 Å². The average molecular weight is 863 g/mol. The minimum Gasteiger partial charge on any atom is -0.494 e. The smallest absolute Gasteiger partial charge is 0.343 e. The van der Waals surface area contributed by atoms with E-state index in [1.165, 1.54) is 56.9 Å². The molecule has 1 aliphatic carbocycles. The first kappa shape index (κ1) is 51.7. The number of benzene rings is 2. The lowest BCUT2D eigenvalue weighted by atomic mass is 9.77. The van der Waals surface area contributed by atoms with Gasteiger partial charge in [0.15, 0.2) is 0 Å². The number of esters is 5. The van der Waals surface area contributed by atoms with Crippen molar-refractivity contribution in [3.8, 4) is 11.5 Å². The van der Waals surface area contributed by atoms with Gasteiger partial charge in [-0.3, -0.25) is 14.4 Å². The summed E-state index contributed by atoms with van der Waals surface area (Å²) in [5, 5.41) is 0. The third kappa shape index (κ3) is 23.5. The second kappa shape index (κ2) is 32.1. The van der Waals surface area contributed by atoms with E-state index in [2.05, 4.69) is 25.6 Å². The molecule has 0 spiro atoms. The van der Waals surface area contributed by atoms with Gasteiger partial charge in [0, 0.05) is 24.8 Å². The van der Waals surface area contributed by atoms with E-state index in [9.17, 15) is 24.0 Å². The topological polar surface area (TPSA) is 141 Å². The maximum absolute atomic E-state index is 12.8. The molecule has 2 aromatic rings. The van der Waals surface area contributed by atoms with Crippen LogP contribution >= 0.6 is 0 Å². The Bertz CT molecular complexity index is 1590. The number of ether oxygens (including phenoxy) is 6. The molecular formula is C51H74O11. The molecule has 0 saturated heterocycles. The minimum absolute atomic E-state index is 0.210. The zero-order valence-electron chi connectivity index (χ0n) is 37.8. The van der Waals surface area contributed by atoms with Crippen LogP contribution in [0.2, 0.25) is 0 Å². The van der Waals surface area contributed by atoms with E-state index < -0.39 is 5.97 Å². The van der Waals surface area contributed by atoms with Crippen LogP contribution in [0.15, 0.2) is 60.7 Å². The van der Waals surface area contributed by atoms with Crippen LogP contribution in [-0.4, -0.2) is 62.9 Å².